The van der Waals surface area contributed by atoms with Crippen molar-refractivity contribution in [3.8, 4) is 0 Å². The fourth-order valence-corrected chi connectivity index (χ4v) is 4.79. The van der Waals surface area contributed by atoms with E-state index in [1.54, 1.807) is 11.3 Å². The van der Waals surface area contributed by atoms with Crippen LogP contribution in [0, 0.1) is 0 Å². The molecule has 1 aromatic heterocycles. The maximum atomic E-state index is 12.4. The Bertz CT molecular complexity index is 699. The molecule has 5 heteroatoms. The zero-order chi connectivity index (χ0) is 15.6. The molecule has 2 N–H and O–H groups in total. The fraction of sp³-hybridized carbons (Fsp3) is 0.556. The minimum atomic E-state index is 0.0511. The van der Waals surface area contributed by atoms with Crippen molar-refractivity contribution in [3.05, 3.63) is 28.8 Å². The van der Waals surface area contributed by atoms with Gasteiger partial charge in [-0.3, -0.25) is 4.79 Å². The van der Waals surface area contributed by atoms with E-state index in [0.717, 1.165) is 49.9 Å². The molecule has 1 aliphatic heterocycles. The summed E-state index contributed by atoms with van der Waals surface area (Å²) in [4.78, 5) is 17.2. The van der Waals surface area contributed by atoms with E-state index in [1.807, 2.05) is 12.1 Å². The van der Waals surface area contributed by atoms with Gasteiger partial charge < -0.3 is 10.6 Å². The van der Waals surface area contributed by atoms with Crippen molar-refractivity contribution < 1.29 is 4.79 Å². The molecule has 2 fully saturated rings. The quantitative estimate of drug-likeness (QED) is 0.907. The summed E-state index contributed by atoms with van der Waals surface area (Å²) in [5.74, 6) is 0.625. The normalized spacial score (nSPS) is 20.2. The van der Waals surface area contributed by atoms with Gasteiger partial charge >= 0.3 is 0 Å². The molecule has 4 rings (SSSR count). The van der Waals surface area contributed by atoms with E-state index in [1.165, 1.54) is 22.5 Å². The number of carbonyl (C=O) groups excluding carboxylic acids is 1. The minimum absolute atomic E-state index is 0.0511. The summed E-state index contributed by atoms with van der Waals surface area (Å²) in [5, 5.41) is 7.79. The van der Waals surface area contributed by atoms with Crippen molar-refractivity contribution in [2.24, 2.45) is 0 Å². The molecular formula is C18H23N3OS. The Morgan fingerprint density at radius 1 is 1.17 bits per heavy atom. The molecule has 0 spiro atoms. The second-order valence-electron chi connectivity index (χ2n) is 6.71. The molecule has 0 bridgehead atoms. The van der Waals surface area contributed by atoms with E-state index in [4.69, 9.17) is 4.98 Å². The number of aromatic nitrogens is 1. The highest BCUT2D eigenvalue weighted by Crippen LogP contribution is 2.32. The van der Waals surface area contributed by atoms with Crippen LogP contribution in [0.4, 0.5) is 0 Å². The van der Waals surface area contributed by atoms with Crippen LogP contribution in [0.25, 0.3) is 10.2 Å². The molecule has 1 aromatic carbocycles. The van der Waals surface area contributed by atoms with Crippen LogP contribution < -0.4 is 10.6 Å². The molecule has 1 amide bonds. The Hall–Kier alpha value is -1.46. The Balaban J connectivity index is 1.53. The first-order valence-electron chi connectivity index (χ1n) is 8.72. The van der Waals surface area contributed by atoms with E-state index < -0.39 is 0 Å². The van der Waals surface area contributed by atoms with Gasteiger partial charge in [0.05, 0.1) is 15.2 Å². The summed E-state index contributed by atoms with van der Waals surface area (Å²) >= 11 is 1.79. The van der Waals surface area contributed by atoms with Gasteiger partial charge in [0.2, 0.25) is 0 Å². The molecule has 4 nitrogen and oxygen atoms in total. The van der Waals surface area contributed by atoms with Crippen LogP contribution in [0.3, 0.4) is 0 Å². The van der Waals surface area contributed by atoms with Crippen molar-refractivity contribution in [2.75, 3.05) is 13.1 Å². The lowest BCUT2D eigenvalue weighted by Gasteiger charge is -2.20. The van der Waals surface area contributed by atoms with E-state index in [9.17, 15) is 4.79 Å². The molecule has 122 valence electrons. The molecule has 0 atom stereocenters. The first kappa shape index (κ1) is 15.1. The number of piperidine rings is 1. The summed E-state index contributed by atoms with van der Waals surface area (Å²) < 4.78 is 1.19. The molecule has 2 heterocycles. The lowest BCUT2D eigenvalue weighted by molar-refractivity contribution is 0.0938. The predicted molar refractivity (Wildman–Crippen MR) is 94.2 cm³/mol. The molecular weight excluding hydrogens is 306 g/mol. The van der Waals surface area contributed by atoms with Crippen molar-refractivity contribution in [2.45, 2.75) is 50.5 Å². The summed E-state index contributed by atoms with van der Waals surface area (Å²) in [7, 11) is 0. The highest BCUT2D eigenvalue weighted by molar-refractivity contribution is 7.18. The molecule has 1 saturated carbocycles. The summed E-state index contributed by atoms with van der Waals surface area (Å²) in [6, 6.07) is 6.32. The van der Waals surface area contributed by atoms with Gasteiger partial charge in [-0.15, -0.1) is 11.3 Å². The molecule has 2 aliphatic rings. The van der Waals surface area contributed by atoms with Crippen molar-refractivity contribution >= 4 is 27.5 Å². The largest absolute Gasteiger partial charge is 0.349 e. The lowest BCUT2D eigenvalue weighted by atomic mass is 9.99. The molecule has 2 aromatic rings. The van der Waals surface area contributed by atoms with Crippen LogP contribution in [0.2, 0.25) is 0 Å². The average molecular weight is 329 g/mol. The van der Waals surface area contributed by atoms with Crippen molar-refractivity contribution in [3.63, 3.8) is 0 Å². The first-order chi connectivity index (χ1) is 11.3. The van der Waals surface area contributed by atoms with Gasteiger partial charge in [0, 0.05) is 17.5 Å². The highest BCUT2D eigenvalue weighted by Gasteiger charge is 2.21. The second kappa shape index (κ2) is 6.57. The van der Waals surface area contributed by atoms with Gasteiger partial charge in [0.25, 0.3) is 5.91 Å². The fourth-order valence-electron chi connectivity index (χ4n) is 3.67. The highest BCUT2D eigenvalue weighted by atomic mass is 32.1. The Kier molecular flexibility index (Phi) is 4.31. The van der Waals surface area contributed by atoms with Gasteiger partial charge in [-0.05, 0) is 57.0 Å². The number of amides is 1. The monoisotopic (exact) mass is 329 g/mol. The SMILES string of the molecule is O=C(NC1CCCC1)c1ccc2sc(C3CCNCC3)nc2c1. The number of benzene rings is 1. The molecule has 23 heavy (non-hydrogen) atoms. The lowest BCUT2D eigenvalue weighted by Crippen LogP contribution is -2.32. The summed E-state index contributed by atoms with van der Waals surface area (Å²) in [6.07, 6.45) is 7.02. The van der Waals surface area contributed by atoms with E-state index in [-0.39, 0.29) is 5.91 Å². The number of thiazole rings is 1. The molecule has 1 saturated heterocycles. The van der Waals surface area contributed by atoms with E-state index in [2.05, 4.69) is 16.7 Å². The van der Waals surface area contributed by atoms with Gasteiger partial charge in [0.1, 0.15) is 0 Å². The smallest absolute Gasteiger partial charge is 0.251 e. The molecule has 0 radical (unpaired) electrons. The third kappa shape index (κ3) is 3.26. The van der Waals surface area contributed by atoms with E-state index in [0.29, 0.717) is 12.0 Å². The average Bonchev–Trinajstić information content (AvgIpc) is 3.24. The zero-order valence-corrected chi connectivity index (χ0v) is 14.1. The van der Waals surface area contributed by atoms with Crippen LogP contribution >= 0.6 is 11.3 Å². The minimum Gasteiger partial charge on any atom is -0.349 e. The van der Waals surface area contributed by atoms with Crippen LogP contribution in [0.15, 0.2) is 18.2 Å². The van der Waals surface area contributed by atoms with Gasteiger partial charge in [0.15, 0.2) is 0 Å². The topological polar surface area (TPSA) is 54.0 Å². The Morgan fingerprint density at radius 3 is 2.74 bits per heavy atom. The van der Waals surface area contributed by atoms with Gasteiger partial charge in [-0.1, -0.05) is 12.8 Å². The van der Waals surface area contributed by atoms with Crippen molar-refractivity contribution in [1.82, 2.24) is 15.6 Å². The Morgan fingerprint density at radius 2 is 1.96 bits per heavy atom. The standard InChI is InChI=1S/C18H23N3OS/c22-17(20-14-3-1-2-4-14)13-5-6-16-15(11-13)21-18(23-16)12-7-9-19-10-8-12/h5-6,11-12,14,19H,1-4,7-10H2,(H,20,22). The van der Waals surface area contributed by atoms with Crippen molar-refractivity contribution in [1.29, 1.82) is 0 Å². The first-order valence-corrected chi connectivity index (χ1v) is 9.53. The van der Waals surface area contributed by atoms with Crippen LogP contribution in [0.5, 0.6) is 0 Å². The number of rotatable bonds is 3. The second-order valence-corrected chi connectivity index (χ2v) is 7.78. The molecule has 0 unspecified atom stereocenters. The number of nitrogens with zero attached hydrogens (tertiary/aromatic N) is 1. The number of nitrogens with one attached hydrogen (secondary N) is 2. The van der Waals surface area contributed by atoms with E-state index >= 15 is 0 Å². The van der Waals surface area contributed by atoms with Gasteiger partial charge in [-0.2, -0.15) is 0 Å². The number of hydrogen-bond donors (Lipinski definition) is 2. The zero-order valence-electron chi connectivity index (χ0n) is 13.3. The number of carbonyl (C=O) groups is 1. The maximum absolute atomic E-state index is 12.4. The van der Waals surface area contributed by atoms with Gasteiger partial charge in [-0.25, -0.2) is 4.98 Å². The summed E-state index contributed by atoms with van der Waals surface area (Å²) in [6.45, 7) is 2.16. The van der Waals surface area contributed by atoms with Crippen LogP contribution in [0.1, 0.15) is 59.8 Å². The number of hydrogen-bond acceptors (Lipinski definition) is 4. The van der Waals surface area contributed by atoms with Crippen LogP contribution in [-0.4, -0.2) is 30.0 Å². The molecule has 1 aliphatic carbocycles. The number of fused-ring (bicyclic) bond motifs is 1. The predicted octanol–water partition coefficient (Wildman–Crippen LogP) is 3.44. The third-order valence-electron chi connectivity index (χ3n) is 5.05. The third-order valence-corrected chi connectivity index (χ3v) is 6.24. The maximum Gasteiger partial charge on any atom is 0.251 e. The summed E-state index contributed by atoms with van der Waals surface area (Å²) in [5.41, 5.74) is 1.72. The Labute approximate surface area is 140 Å². The van der Waals surface area contributed by atoms with Crippen LogP contribution in [-0.2, 0) is 0 Å².